The topological polar surface area (TPSA) is 58.6 Å². The molecule has 5 fully saturated rings. The Hall–Kier alpha value is -0.890. The van der Waals surface area contributed by atoms with Crippen LogP contribution in [0.15, 0.2) is 0 Å². The fourth-order valence-corrected chi connectivity index (χ4v) is 5.31. The van der Waals surface area contributed by atoms with Crippen LogP contribution in [-0.2, 0) is 14.3 Å². The minimum Gasteiger partial charge on any atom is -0.550 e. The van der Waals surface area contributed by atoms with Gasteiger partial charge in [-0.15, -0.1) is 0 Å². The zero-order valence-electron chi connectivity index (χ0n) is 12.3. The maximum atomic E-state index is 13.6. The van der Waals surface area contributed by atoms with Crippen molar-refractivity contribution in [2.75, 3.05) is 13.2 Å². The van der Waals surface area contributed by atoms with Crippen molar-refractivity contribution in [3.63, 3.8) is 0 Å². The van der Waals surface area contributed by atoms with Crippen molar-refractivity contribution >= 4 is 5.97 Å². The summed E-state index contributed by atoms with van der Waals surface area (Å²) in [7, 11) is 0. The molecule has 0 N–H and O–H groups in total. The van der Waals surface area contributed by atoms with Crippen molar-refractivity contribution in [3.8, 4) is 0 Å². The molecule has 1 heterocycles. The predicted molar refractivity (Wildman–Crippen MR) is 65.5 cm³/mol. The second kappa shape index (κ2) is 4.39. The molecule has 4 nitrogen and oxygen atoms in total. The van der Waals surface area contributed by atoms with Gasteiger partial charge in [-0.3, -0.25) is 0 Å². The van der Waals surface area contributed by atoms with E-state index in [-0.39, 0.29) is 18.8 Å². The maximum Gasteiger partial charge on any atom is 0.335 e. The van der Waals surface area contributed by atoms with Crippen molar-refractivity contribution in [1.29, 1.82) is 0 Å². The Bertz CT molecular complexity index is 514. The number of hydrogen-bond acceptors (Lipinski definition) is 4. The fourth-order valence-electron chi connectivity index (χ4n) is 5.31. The lowest BCUT2D eigenvalue weighted by molar-refractivity contribution is -0.366. The summed E-state index contributed by atoms with van der Waals surface area (Å²) in [4.78, 5) is 11.6. The quantitative estimate of drug-likeness (QED) is 0.682. The van der Waals surface area contributed by atoms with Gasteiger partial charge in [0.05, 0.1) is 0 Å². The van der Waals surface area contributed by atoms with E-state index >= 15 is 0 Å². The van der Waals surface area contributed by atoms with Crippen molar-refractivity contribution in [2.24, 2.45) is 23.2 Å². The molecule has 23 heavy (non-hydrogen) atoms. The number of carbonyl (C=O) groups is 1. The molecule has 1 spiro atoms. The highest BCUT2D eigenvalue weighted by molar-refractivity contribution is 5.73. The van der Waals surface area contributed by atoms with Crippen LogP contribution in [0, 0.1) is 23.2 Å². The number of carboxylic acid groups (broad SMARTS) is 1. The van der Waals surface area contributed by atoms with Gasteiger partial charge in [-0.05, 0) is 38.0 Å². The molecule has 0 aromatic heterocycles. The average Bonchev–Trinajstić information content (AvgIpc) is 2.53. The van der Waals surface area contributed by atoms with Gasteiger partial charge in [0.2, 0.25) is 0 Å². The Morgan fingerprint density at radius 3 is 1.83 bits per heavy atom. The summed E-state index contributed by atoms with van der Waals surface area (Å²) in [6, 6.07) is 0. The van der Waals surface area contributed by atoms with Crippen LogP contribution >= 0.6 is 0 Å². The Morgan fingerprint density at radius 2 is 1.39 bits per heavy atom. The third-order valence-electron chi connectivity index (χ3n) is 6.25. The molecule has 4 bridgehead atoms. The summed E-state index contributed by atoms with van der Waals surface area (Å²) >= 11 is 0. The lowest BCUT2D eigenvalue weighted by atomic mass is 9.47. The smallest absolute Gasteiger partial charge is 0.335 e. The fraction of sp³-hybridized carbons (Fsp3) is 0.933. The van der Waals surface area contributed by atoms with Crippen LogP contribution in [0.4, 0.5) is 17.6 Å². The van der Waals surface area contributed by atoms with Gasteiger partial charge < -0.3 is 19.4 Å². The van der Waals surface area contributed by atoms with Crippen LogP contribution in [0.25, 0.3) is 0 Å². The van der Waals surface area contributed by atoms with Crippen molar-refractivity contribution in [1.82, 2.24) is 0 Å². The molecular formula is C15H17F4O4-. The molecule has 8 heteroatoms. The van der Waals surface area contributed by atoms with Crippen LogP contribution in [0.3, 0.4) is 0 Å². The van der Waals surface area contributed by atoms with Crippen LogP contribution in [0.5, 0.6) is 0 Å². The third kappa shape index (κ3) is 1.94. The molecule has 0 aromatic carbocycles. The van der Waals surface area contributed by atoms with Gasteiger partial charge in [-0.25, -0.2) is 0 Å². The standard InChI is InChI=1S/C15H18F4O4/c16-13(17)6-22-15(23-7-14(13,18)19)9-1-8-2-10(15)5-12(3-8,4-9)11(20)21/h8-10H,1-7H2,(H,20,21)/p-1. The minimum absolute atomic E-state index is 0.132. The molecule has 130 valence electrons. The second-order valence-corrected chi connectivity index (χ2v) is 7.62. The number of halogens is 4. The molecule has 2 unspecified atom stereocenters. The van der Waals surface area contributed by atoms with Crippen LogP contribution < -0.4 is 5.11 Å². The first-order valence-corrected chi connectivity index (χ1v) is 7.85. The first kappa shape index (κ1) is 15.6. The molecule has 0 amide bonds. The first-order valence-electron chi connectivity index (χ1n) is 7.85. The average molecular weight is 337 g/mol. The number of rotatable bonds is 1. The molecule has 0 aromatic rings. The Labute approximate surface area is 130 Å². The number of aliphatic carboxylic acids is 1. The molecule has 1 saturated heterocycles. The largest absolute Gasteiger partial charge is 0.550 e. The molecule has 5 rings (SSSR count). The molecule has 0 radical (unpaired) electrons. The van der Waals surface area contributed by atoms with Gasteiger partial charge in [0.1, 0.15) is 13.2 Å². The monoisotopic (exact) mass is 337 g/mol. The number of alkyl halides is 4. The maximum absolute atomic E-state index is 13.6. The summed E-state index contributed by atoms with van der Waals surface area (Å²) in [6.45, 7) is -2.81. The normalized spacial score (nSPS) is 45.8. The van der Waals surface area contributed by atoms with E-state index in [4.69, 9.17) is 9.47 Å². The zero-order chi connectivity index (χ0) is 16.7. The predicted octanol–water partition coefficient (Wildman–Crippen LogP) is 1.58. The lowest BCUT2D eigenvalue weighted by Crippen LogP contribution is -2.66. The number of ether oxygens (including phenoxy) is 2. The van der Waals surface area contributed by atoms with Crippen LogP contribution in [0.1, 0.15) is 32.1 Å². The van der Waals surface area contributed by atoms with Gasteiger partial charge in [-0.1, -0.05) is 0 Å². The Morgan fingerprint density at radius 1 is 0.913 bits per heavy atom. The summed E-state index contributed by atoms with van der Waals surface area (Å²) in [6.07, 6.45) is 1.98. The zero-order valence-corrected chi connectivity index (χ0v) is 12.3. The van der Waals surface area contributed by atoms with Crippen molar-refractivity contribution < 1.29 is 36.9 Å². The Balaban J connectivity index is 1.67. The van der Waals surface area contributed by atoms with E-state index in [1.165, 1.54) is 0 Å². The summed E-state index contributed by atoms with van der Waals surface area (Å²) in [5.74, 6) is -12.0. The minimum atomic E-state index is -4.29. The molecule has 4 saturated carbocycles. The van der Waals surface area contributed by atoms with Crippen molar-refractivity contribution in [3.05, 3.63) is 0 Å². The van der Waals surface area contributed by atoms with E-state index in [1.807, 2.05) is 0 Å². The van der Waals surface area contributed by atoms with Gasteiger partial charge in [0.15, 0.2) is 5.79 Å². The van der Waals surface area contributed by atoms with Gasteiger partial charge >= 0.3 is 11.8 Å². The number of carboxylic acids is 1. The first-order chi connectivity index (χ1) is 10.6. The van der Waals surface area contributed by atoms with Gasteiger partial charge in [-0.2, -0.15) is 17.6 Å². The van der Waals surface area contributed by atoms with E-state index in [2.05, 4.69) is 0 Å². The highest BCUT2D eigenvalue weighted by Gasteiger charge is 2.69. The molecule has 4 aliphatic carbocycles. The number of carbonyl (C=O) groups excluding carboxylic acids is 1. The highest BCUT2D eigenvalue weighted by Crippen LogP contribution is 2.65. The summed E-state index contributed by atoms with van der Waals surface area (Å²) in [5.41, 5.74) is -0.994. The number of hydrogen-bond donors (Lipinski definition) is 0. The van der Waals surface area contributed by atoms with E-state index in [0.29, 0.717) is 19.3 Å². The van der Waals surface area contributed by atoms with E-state index in [9.17, 15) is 27.5 Å². The molecule has 5 aliphatic rings. The SMILES string of the molecule is O=C([O-])C12CC3CC(C1)C1(OCC(F)(F)C(F)(F)CO1)C(C3)C2. The van der Waals surface area contributed by atoms with Gasteiger partial charge in [0.25, 0.3) is 0 Å². The summed E-state index contributed by atoms with van der Waals surface area (Å²) < 4.78 is 64.9. The van der Waals surface area contributed by atoms with E-state index < -0.39 is 54.1 Å². The summed E-state index contributed by atoms with van der Waals surface area (Å²) in [5, 5.41) is 11.6. The van der Waals surface area contributed by atoms with Crippen molar-refractivity contribution in [2.45, 2.75) is 49.7 Å². The van der Waals surface area contributed by atoms with Crippen LogP contribution in [0.2, 0.25) is 0 Å². The van der Waals surface area contributed by atoms with E-state index in [1.54, 1.807) is 0 Å². The van der Waals surface area contributed by atoms with E-state index in [0.717, 1.165) is 0 Å². The van der Waals surface area contributed by atoms with Gasteiger partial charge in [0, 0.05) is 23.2 Å². The third-order valence-corrected chi connectivity index (χ3v) is 6.25. The second-order valence-electron chi connectivity index (χ2n) is 7.62. The molecular weight excluding hydrogens is 320 g/mol. The lowest BCUT2D eigenvalue weighted by Gasteiger charge is -2.64. The molecule has 1 aliphatic heterocycles. The molecule has 2 atom stereocenters. The van der Waals surface area contributed by atoms with Crippen LogP contribution in [-0.4, -0.2) is 36.8 Å². The highest BCUT2D eigenvalue weighted by atomic mass is 19.3. The Kier molecular flexibility index (Phi) is 2.98.